The minimum Gasteiger partial charge on any atom is -0.370 e. The third kappa shape index (κ3) is 3.06. The van der Waals surface area contributed by atoms with Crippen molar-refractivity contribution >= 4 is 11.6 Å². The zero-order valence-electron chi connectivity index (χ0n) is 10.1. The fourth-order valence-corrected chi connectivity index (χ4v) is 1.79. The Balaban J connectivity index is 1.93. The monoisotopic (exact) mass is 231 g/mol. The van der Waals surface area contributed by atoms with E-state index in [2.05, 4.69) is 21.4 Å². The number of hydrogen-bond donors (Lipinski definition) is 1. The first-order valence-electron chi connectivity index (χ1n) is 5.93. The van der Waals surface area contributed by atoms with Gasteiger partial charge < -0.3 is 10.2 Å². The highest BCUT2D eigenvalue weighted by atomic mass is 15.2. The van der Waals surface area contributed by atoms with Gasteiger partial charge in [-0.25, -0.2) is 9.97 Å². The molecule has 1 heterocycles. The second-order valence-corrected chi connectivity index (χ2v) is 4.45. The van der Waals surface area contributed by atoms with E-state index in [1.54, 1.807) is 4.90 Å². The Morgan fingerprint density at radius 1 is 1.53 bits per heavy atom. The van der Waals surface area contributed by atoms with Gasteiger partial charge in [0.05, 0.1) is 6.07 Å². The Bertz CT molecular complexity index is 408. The lowest BCUT2D eigenvalue weighted by molar-refractivity contribution is 0.333. The minimum absolute atomic E-state index is 0.332. The topological polar surface area (TPSA) is 64.8 Å². The lowest BCUT2D eigenvalue weighted by Crippen LogP contribution is -2.22. The van der Waals surface area contributed by atoms with Crippen LogP contribution in [0.25, 0.3) is 0 Å². The van der Waals surface area contributed by atoms with E-state index in [1.165, 1.54) is 25.6 Å². The van der Waals surface area contributed by atoms with Gasteiger partial charge in [-0.3, -0.25) is 0 Å². The molecule has 5 nitrogen and oxygen atoms in total. The van der Waals surface area contributed by atoms with Crippen molar-refractivity contribution in [3.63, 3.8) is 0 Å². The van der Waals surface area contributed by atoms with Crippen molar-refractivity contribution < 1.29 is 0 Å². The summed E-state index contributed by atoms with van der Waals surface area (Å²) in [6.45, 7) is 1.32. The van der Waals surface area contributed by atoms with Crippen LogP contribution in [0.1, 0.15) is 19.3 Å². The van der Waals surface area contributed by atoms with Crippen molar-refractivity contribution in [2.75, 3.05) is 30.4 Å². The van der Waals surface area contributed by atoms with Gasteiger partial charge in [0.1, 0.15) is 24.5 Å². The second kappa shape index (κ2) is 5.48. The van der Waals surface area contributed by atoms with Crippen LogP contribution in [0.15, 0.2) is 12.4 Å². The lowest BCUT2D eigenvalue weighted by atomic mass is 9.85. The lowest BCUT2D eigenvalue weighted by Gasteiger charge is -2.25. The van der Waals surface area contributed by atoms with Crippen LogP contribution >= 0.6 is 0 Å². The summed E-state index contributed by atoms with van der Waals surface area (Å²) in [5.74, 6) is 2.41. The van der Waals surface area contributed by atoms with Gasteiger partial charge in [-0.15, -0.1) is 0 Å². The summed E-state index contributed by atoms with van der Waals surface area (Å²) in [6, 6.07) is 3.98. The van der Waals surface area contributed by atoms with E-state index in [9.17, 15) is 0 Å². The first-order valence-corrected chi connectivity index (χ1v) is 5.93. The fraction of sp³-hybridized carbons (Fsp3) is 0.583. The average Bonchev–Trinajstić information content (AvgIpc) is 2.28. The molecule has 0 saturated heterocycles. The van der Waals surface area contributed by atoms with E-state index < -0.39 is 0 Å². The molecule has 0 bridgehead atoms. The molecule has 1 aromatic rings. The van der Waals surface area contributed by atoms with Crippen molar-refractivity contribution in [3.05, 3.63) is 12.4 Å². The van der Waals surface area contributed by atoms with E-state index in [4.69, 9.17) is 5.26 Å². The SMILES string of the molecule is CN(CC#N)c1cc(NCC2CCC2)ncn1. The molecule has 5 heteroatoms. The maximum absolute atomic E-state index is 8.63. The van der Waals surface area contributed by atoms with Crippen molar-refractivity contribution in [2.24, 2.45) is 5.92 Å². The molecule has 1 aromatic heterocycles. The van der Waals surface area contributed by atoms with Gasteiger partial charge in [0, 0.05) is 19.7 Å². The zero-order valence-corrected chi connectivity index (χ0v) is 10.1. The maximum Gasteiger partial charge on any atom is 0.134 e. The number of nitrogens with one attached hydrogen (secondary N) is 1. The molecular weight excluding hydrogens is 214 g/mol. The van der Waals surface area contributed by atoms with Crippen LogP contribution in [-0.2, 0) is 0 Å². The molecule has 0 unspecified atom stereocenters. The van der Waals surface area contributed by atoms with Crippen LogP contribution in [-0.4, -0.2) is 30.1 Å². The maximum atomic E-state index is 8.63. The third-order valence-electron chi connectivity index (χ3n) is 3.15. The van der Waals surface area contributed by atoms with Crippen molar-refractivity contribution in [1.29, 1.82) is 5.26 Å². The van der Waals surface area contributed by atoms with Gasteiger partial charge in [-0.1, -0.05) is 6.42 Å². The summed E-state index contributed by atoms with van der Waals surface area (Å²) in [5, 5.41) is 12.0. The molecular formula is C12H17N5. The van der Waals surface area contributed by atoms with E-state index >= 15 is 0 Å². The molecule has 0 amide bonds. The largest absolute Gasteiger partial charge is 0.370 e. The van der Waals surface area contributed by atoms with E-state index in [0.717, 1.165) is 24.1 Å². The normalized spacial score (nSPS) is 14.8. The number of aromatic nitrogens is 2. The fourth-order valence-electron chi connectivity index (χ4n) is 1.79. The molecule has 1 saturated carbocycles. The Hall–Kier alpha value is -1.83. The molecule has 0 atom stereocenters. The van der Waals surface area contributed by atoms with Gasteiger partial charge in [0.2, 0.25) is 0 Å². The first-order chi connectivity index (χ1) is 8.29. The van der Waals surface area contributed by atoms with E-state index in [-0.39, 0.29) is 0 Å². The number of rotatable bonds is 5. The Labute approximate surface area is 101 Å². The first kappa shape index (κ1) is 11.6. The smallest absolute Gasteiger partial charge is 0.134 e. The molecule has 1 aliphatic carbocycles. The van der Waals surface area contributed by atoms with Crippen LogP contribution in [0, 0.1) is 17.2 Å². The Morgan fingerprint density at radius 3 is 3.00 bits per heavy atom. The van der Waals surface area contributed by atoms with Gasteiger partial charge in [0.25, 0.3) is 0 Å². The average molecular weight is 231 g/mol. The predicted molar refractivity (Wildman–Crippen MR) is 66.7 cm³/mol. The van der Waals surface area contributed by atoms with Gasteiger partial charge in [-0.05, 0) is 18.8 Å². The molecule has 0 aromatic carbocycles. The van der Waals surface area contributed by atoms with Gasteiger partial charge >= 0.3 is 0 Å². The summed E-state index contributed by atoms with van der Waals surface area (Å²) in [5.41, 5.74) is 0. The summed E-state index contributed by atoms with van der Waals surface area (Å²) in [4.78, 5) is 10.1. The second-order valence-electron chi connectivity index (χ2n) is 4.45. The van der Waals surface area contributed by atoms with Gasteiger partial charge in [-0.2, -0.15) is 5.26 Å². The molecule has 0 aliphatic heterocycles. The van der Waals surface area contributed by atoms with Crippen LogP contribution in [0.4, 0.5) is 11.6 Å². The zero-order chi connectivity index (χ0) is 12.1. The summed E-state index contributed by atoms with van der Waals surface area (Å²) >= 11 is 0. The molecule has 17 heavy (non-hydrogen) atoms. The molecule has 2 rings (SSSR count). The highest BCUT2D eigenvalue weighted by Gasteiger charge is 2.16. The van der Waals surface area contributed by atoms with Crippen molar-refractivity contribution in [3.8, 4) is 6.07 Å². The van der Waals surface area contributed by atoms with Crippen LogP contribution in [0.2, 0.25) is 0 Å². The van der Waals surface area contributed by atoms with Crippen molar-refractivity contribution in [2.45, 2.75) is 19.3 Å². The molecule has 1 N–H and O–H groups in total. The van der Waals surface area contributed by atoms with E-state index in [0.29, 0.717) is 6.54 Å². The third-order valence-corrected chi connectivity index (χ3v) is 3.15. The van der Waals surface area contributed by atoms with Crippen LogP contribution in [0.5, 0.6) is 0 Å². The quantitative estimate of drug-likeness (QED) is 0.780. The summed E-state index contributed by atoms with van der Waals surface area (Å²) in [6.07, 6.45) is 5.52. The number of nitrogens with zero attached hydrogens (tertiary/aromatic N) is 4. The van der Waals surface area contributed by atoms with Gasteiger partial charge in [0.15, 0.2) is 0 Å². The van der Waals surface area contributed by atoms with Crippen LogP contribution in [0.3, 0.4) is 0 Å². The number of nitriles is 1. The molecule has 1 fully saturated rings. The minimum atomic E-state index is 0.332. The summed E-state index contributed by atoms with van der Waals surface area (Å²) < 4.78 is 0. The molecule has 0 spiro atoms. The molecule has 90 valence electrons. The summed E-state index contributed by atoms with van der Waals surface area (Å²) in [7, 11) is 1.85. The standard InChI is InChI=1S/C12H17N5/c1-17(6-5-13)12-7-11(15-9-16-12)14-8-10-3-2-4-10/h7,9-10H,2-4,6,8H2,1H3,(H,14,15,16). The Kier molecular flexibility index (Phi) is 3.76. The predicted octanol–water partition coefficient (Wildman–Crippen LogP) is 1.65. The highest BCUT2D eigenvalue weighted by molar-refractivity contribution is 5.48. The van der Waals surface area contributed by atoms with Crippen LogP contribution < -0.4 is 10.2 Å². The number of hydrogen-bond acceptors (Lipinski definition) is 5. The van der Waals surface area contributed by atoms with E-state index in [1.807, 2.05) is 13.1 Å². The highest BCUT2D eigenvalue weighted by Crippen LogP contribution is 2.26. The molecule has 1 aliphatic rings. The van der Waals surface area contributed by atoms with Crippen molar-refractivity contribution in [1.82, 2.24) is 9.97 Å². The number of anilines is 2. The Morgan fingerprint density at radius 2 is 2.35 bits per heavy atom. The molecule has 0 radical (unpaired) electrons.